The van der Waals surface area contributed by atoms with E-state index in [1.165, 1.54) is 19.3 Å². The molecule has 0 spiro atoms. The molecule has 88 valence electrons. The molecule has 0 aliphatic rings. The molecule has 1 nitrogen and oxygen atoms in total. The first-order valence-corrected chi connectivity index (χ1v) is 5.96. The van der Waals surface area contributed by atoms with Crippen molar-refractivity contribution in [3.8, 4) is 0 Å². The van der Waals surface area contributed by atoms with Gasteiger partial charge in [-0.2, -0.15) is 0 Å². The Kier molecular flexibility index (Phi) is 40.4. The average Bonchev–Trinajstić information content (AvgIpc) is 2.27. The molecule has 0 radical (unpaired) electrons. The zero-order chi connectivity index (χ0) is 11.7. The second-order valence-electron chi connectivity index (χ2n) is 3.13. The smallest absolute Gasteiger partial charge is 0.0431 e. The van der Waals surface area contributed by atoms with Gasteiger partial charge in [-0.25, -0.2) is 0 Å². The average molecular weight is 202 g/mol. The SMILES string of the molecule is C=CCC.CCCC.CCCCCO. The monoisotopic (exact) mass is 202 g/mol. The highest BCUT2D eigenvalue weighted by molar-refractivity contribution is 4.60. The summed E-state index contributed by atoms with van der Waals surface area (Å²) in [4.78, 5) is 0. The molecule has 1 heteroatoms. The van der Waals surface area contributed by atoms with Gasteiger partial charge in [0, 0.05) is 6.61 Å². The summed E-state index contributed by atoms with van der Waals surface area (Å²) in [6, 6.07) is 0. The minimum atomic E-state index is 0.355. The topological polar surface area (TPSA) is 20.2 Å². The number of aliphatic hydroxyl groups excluding tert-OH is 1. The third-order valence-corrected chi connectivity index (χ3v) is 1.55. The highest BCUT2D eigenvalue weighted by Gasteiger charge is 1.76. The van der Waals surface area contributed by atoms with E-state index in [4.69, 9.17) is 5.11 Å². The molecular weight excluding hydrogens is 172 g/mol. The lowest BCUT2D eigenvalue weighted by Gasteiger charge is -1.85. The number of hydrogen-bond donors (Lipinski definition) is 1. The molecule has 0 aromatic rings. The van der Waals surface area contributed by atoms with E-state index in [9.17, 15) is 0 Å². The Morgan fingerprint density at radius 3 is 1.43 bits per heavy atom. The van der Waals surface area contributed by atoms with Gasteiger partial charge in [-0.15, -0.1) is 6.58 Å². The van der Waals surface area contributed by atoms with Crippen LogP contribution in [0.25, 0.3) is 0 Å². The maximum atomic E-state index is 8.20. The number of unbranched alkanes of at least 4 members (excludes halogenated alkanes) is 3. The van der Waals surface area contributed by atoms with Crippen LogP contribution in [0, 0.1) is 0 Å². The summed E-state index contributed by atoms with van der Waals surface area (Å²) in [7, 11) is 0. The zero-order valence-corrected chi connectivity index (χ0v) is 10.7. The predicted molar refractivity (Wildman–Crippen MR) is 67.7 cm³/mol. The van der Waals surface area contributed by atoms with Crippen molar-refractivity contribution in [2.75, 3.05) is 6.61 Å². The van der Waals surface area contributed by atoms with Gasteiger partial charge in [0.2, 0.25) is 0 Å². The normalized spacial score (nSPS) is 7.79. The lowest BCUT2D eigenvalue weighted by atomic mass is 10.3. The molecule has 1 N–H and O–H groups in total. The van der Waals surface area contributed by atoms with Crippen LogP contribution < -0.4 is 0 Å². The van der Waals surface area contributed by atoms with Gasteiger partial charge in [-0.3, -0.25) is 0 Å². The third-order valence-electron chi connectivity index (χ3n) is 1.55. The maximum absolute atomic E-state index is 8.20. The molecule has 0 saturated heterocycles. The van der Waals surface area contributed by atoms with Crippen molar-refractivity contribution >= 4 is 0 Å². The second kappa shape index (κ2) is 29.3. The summed E-state index contributed by atoms with van der Waals surface area (Å²) < 4.78 is 0. The molecule has 0 aromatic carbocycles. The molecule has 14 heavy (non-hydrogen) atoms. The molecule has 0 amide bonds. The predicted octanol–water partition coefficient (Wildman–Crippen LogP) is 4.56. The molecular formula is C13H30O. The first-order valence-electron chi connectivity index (χ1n) is 5.96. The van der Waals surface area contributed by atoms with Crippen molar-refractivity contribution in [1.29, 1.82) is 0 Å². The van der Waals surface area contributed by atoms with Crippen LogP contribution in [-0.2, 0) is 0 Å². The van der Waals surface area contributed by atoms with E-state index in [2.05, 4.69) is 34.3 Å². The quantitative estimate of drug-likeness (QED) is 0.512. The van der Waals surface area contributed by atoms with Crippen LogP contribution in [0.2, 0.25) is 0 Å². The van der Waals surface area contributed by atoms with Crippen LogP contribution in [0.5, 0.6) is 0 Å². The summed E-state index contributed by atoms with van der Waals surface area (Å²) in [5, 5.41) is 8.20. The molecule has 0 unspecified atom stereocenters. The van der Waals surface area contributed by atoms with Gasteiger partial charge < -0.3 is 5.11 Å². The standard InChI is InChI=1S/C5H12O.C4H10.C4H8/c1-2-3-4-5-6;2*1-3-4-2/h6H,2-5H2,1H3;3-4H2,1-2H3;3H,1,4H2,2H3. The Hall–Kier alpha value is -0.300. The molecule has 0 aromatic heterocycles. The van der Waals surface area contributed by atoms with Crippen molar-refractivity contribution in [3.05, 3.63) is 12.7 Å². The van der Waals surface area contributed by atoms with Gasteiger partial charge in [-0.05, 0) is 12.8 Å². The maximum Gasteiger partial charge on any atom is 0.0431 e. The van der Waals surface area contributed by atoms with Crippen LogP contribution in [0.1, 0.15) is 66.2 Å². The third kappa shape index (κ3) is 60.6. The Balaban J connectivity index is -0.000000135. The fourth-order valence-corrected chi connectivity index (χ4v) is 0.362. The fourth-order valence-electron chi connectivity index (χ4n) is 0.362. The molecule has 0 rings (SSSR count). The first kappa shape index (κ1) is 19.3. The molecule has 0 aliphatic heterocycles. The van der Waals surface area contributed by atoms with E-state index >= 15 is 0 Å². The van der Waals surface area contributed by atoms with Crippen LogP contribution in [0.15, 0.2) is 12.7 Å². The molecule has 0 atom stereocenters. The van der Waals surface area contributed by atoms with Gasteiger partial charge in [-0.1, -0.05) is 59.5 Å². The van der Waals surface area contributed by atoms with Crippen molar-refractivity contribution in [1.82, 2.24) is 0 Å². The van der Waals surface area contributed by atoms with E-state index in [1.54, 1.807) is 0 Å². The molecule has 0 bridgehead atoms. The Morgan fingerprint density at radius 1 is 0.929 bits per heavy atom. The van der Waals surface area contributed by atoms with Gasteiger partial charge in [0.25, 0.3) is 0 Å². The molecule has 0 fully saturated rings. The van der Waals surface area contributed by atoms with Crippen molar-refractivity contribution < 1.29 is 5.11 Å². The summed E-state index contributed by atoms with van der Waals surface area (Å²) >= 11 is 0. The van der Waals surface area contributed by atoms with Gasteiger partial charge >= 0.3 is 0 Å². The van der Waals surface area contributed by atoms with E-state index in [0.717, 1.165) is 19.3 Å². The number of hydrogen-bond acceptors (Lipinski definition) is 1. The van der Waals surface area contributed by atoms with Crippen LogP contribution >= 0.6 is 0 Å². The van der Waals surface area contributed by atoms with Crippen molar-refractivity contribution in [2.45, 2.75) is 66.2 Å². The minimum absolute atomic E-state index is 0.355. The summed E-state index contributed by atoms with van der Waals surface area (Å²) in [5.74, 6) is 0. The van der Waals surface area contributed by atoms with Crippen molar-refractivity contribution in [3.63, 3.8) is 0 Å². The first-order chi connectivity index (χ1) is 6.74. The van der Waals surface area contributed by atoms with Crippen LogP contribution in [-0.4, -0.2) is 11.7 Å². The number of aliphatic hydroxyl groups is 1. The minimum Gasteiger partial charge on any atom is -0.396 e. The van der Waals surface area contributed by atoms with Crippen LogP contribution in [0.4, 0.5) is 0 Å². The number of rotatable bonds is 5. The lowest BCUT2D eigenvalue weighted by molar-refractivity contribution is 0.284. The highest BCUT2D eigenvalue weighted by Crippen LogP contribution is 1.89. The second-order valence-corrected chi connectivity index (χ2v) is 3.13. The Labute approximate surface area is 91.2 Å². The number of allylic oxidation sites excluding steroid dienone is 1. The van der Waals surface area contributed by atoms with E-state index < -0.39 is 0 Å². The van der Waals surface area contributed by atoms with Crippen molar-refractivity contribution in [2.24, 2.45) is 0 Å². The van der Waals surface area contributed by atoms with E-state index in [0.29, 0.717) is 6.61 Å². The Bertz CT molecular complexity index is 63.6. The molecule has 0 heterocycles. The molecule has 0 saturated carbocycles. The molecule has 0 aliphatic carbocycles. The summed E-state index contributed by atoms with van der Waals surface area (Å²) in [6.45, 7) is 12.4. The van der Waals surface area contributed by atoms with E-state index in [-0.39, 0.29) is 0 Å². The summed E-state index contributed by atoms with van der Waals surface area (Å²) in [6.07, 6.45) is 8.92. The van der Waals surface area contributed by atoms with Crippen LogP contribution in [0.3, 0.4) is 0 Å². The zero-order valence-electron chi connectivity index (χ0n) is 10.7. The Morgan fingerprint density at radius 2 is 1.36 bits per heavy atom. The van der Waals surface area contributed by atoms with Gasteiger partial charge in [0.15, 0.2) is 0 Å². The summed E-state index contributed by atoms with van der Waals surface area (Å²) in [5.41, 5.74) is 0. The largest absolute Gasteiger partial charge is 0.396 e. The van der Waals surface area contributed by atoms with E-state index in [1.807, 2.05) is 6.08 Å². The lowest BCUT2D eigenvalue weighted by Crippen LogP contribution is -1.78. The van der Waals surface area contributed by atoms with Gasteiger partial charge in [0.1, 0.15) is 0 Å². The highest BCUT2D eigenvalue weighted by atomic mass is 16.2. The van der Waals surface area contributed by atoms with Gasteiger partial charge in [0.05, 0.1) is 0 Å². The fraction of sp³-hybridized carbons (Fsp3) is 0.846.